The standard InChI is InChI=1S/C24H27N5OS/c1-17-10-11-20-21(14-17)31-24(27-20)29-22-16-19(15-18-8-4-2-5-9-18)26-23(28-22)25-12-6-3-7-13-30/h2,4-5,8-11,14,16,30H,3,6-7,12-13,15H2,1H3,(H2,25,26,27,28,29). The molecule has 0 bridgehead atoms. The van der Waals surface area contributed by atoms with E-state index in [4.69, 9.17) is 15.1 Å². The molecule has 0 saturated heterocycles. The van der Waals surface area contributed by atoms with Gasteiger partial charge in [0.05, 0.1) is 15.9 Å². The van der Waals surface area contributed by atoms with Gasteiger partial charge in [0.2, 0.25) is 5.95 Å². The molecule has 4 rings (SSSR count). The molecule has 0 atom stereocenters. The second-order valence-corrected chi connectivity index (χ2v) is 8.59. The van der Waals surface area contributed by atoms with E-state index < -0.39 is 0 Å². The maximum atomic E-state index is 8.94. The minimum atomic E-state index is 0.235. The Bertz CT molecular complexity index is 1130. The van der Waals surface area contributed by atoms with E-state index in [-0.39, 0.29) is 6.61 Å². The molecule has 2 heterocycles. The first-order chi connectivity index (χ1) is 15.2. The maximum absolute atomic E-state index is 8.94. The van der Waals surface area contributed by atoms with Crippen LogP contribution in [0.1, 0.15) is 36.1 Å². The summed E-state index contributed by atoms with van der Waals surface area (Å²) in [5.74, 6) is 1.34. The van der Waals surface area contributed by atoms with Crippen LogP contribution >= 0.6 is 11.3 Å². The number of benzene rings is 2. The lowest BCUT2D eigenvalue weighted by molar-refractivity contribution is 0.283. The molecule has 0 aliphatic rings. The van der Waals surface area contributed by atoms with Crippen molar-refractivity contribution in [2.45, 2.75) is 32.6 Å². The van der Waals surface area contributed by atoms with Gasteiger partial charge in [-0.2, -0.15) is 4.98 Å². The van der Waals surface area contributed by atoms with Crippen LogP contribution < -0.4 is 10.6 Å². The maximum Gasteiger partial charge on any atom is 0.224 e. The Hall–Kier alpha value is -3.03. The van der Waals surface area contributed by atoms with E-state index in [9.17, 15) is 0 Å². The van der Waals surface area contributed by atoms with Gasteiger partial charge in [-0.15, -0.1) is 0 Å². The second-order valence-electron chi connectivity index (χ2n) is 7.56. The molecular weight excluding hydrogens is 406 g/mol. The molecule has 7 heteroatoms. The van der Waals surface area contributed by atoms with Crippen LogP contribution in [-0.4, -0.2) is 33.2 Å². The van der Waals surface area contributed by atoms with Crippen molar-refractivity contribution in [1.82, 2.24) is 15.0 Å². The Morgan fingerprint density at radius 2 is 1.81 bits per heavy atom. The Kier molecular flexibility index (Phi) is 7.07. The molecule has 160 valence electrons. The highest BCUT2D eigenvalue weighted by atomic mass is 32.1. The number of hydrogen-bond acceptors (Lipinski definition) is 7. The van der Waals surface area contributed by atoms with E-state index in [0.717, 1.165) is 59.1 Å². The van der Waals surface area contributed by atoms with Gasteiger partial charge in [-0.3, -0.25) is 0 Å². The van der Waals surface area contributed by atoms with E-state index in [1.165, 1.54) is 11.1 Å². The number of anilines is 3. The molecule has 31 heavy (non-hydrogen) atoms. The molecule has 4 aromatic rings. The fraction of sp³-hybridized carbons (Fsp3) is 0.292. The van der Waals surface area contributed by atoms with Crippen molar-refractivity contribution in [3.63, 3.8) is 0 Å². The monoisotopic (exact) mass is 433 g/mol. The predicted octanol–water partition coefficient (Wildman–Crippen LogP) is 5.30. The zero-order valence-corrected chi connectivity index (χ0v) is 18.5. The molecule has 0 radical (unpaired) electrons. The number of aryl methyl sites for hydroxylation is 1. The summed E-state index contributed by atoms with van der Waals surface area (Å²) in [6.45, 7) is 3.10. The highest BCUT2D eigenvalue weighted by molar-refractivity contribution is 7.22. The molecule has 0 spiro atoms. The third-order valence-electron chi connectivity index (χ3n) is 4.90. The number of nitrogens with zero attached hydrogens (tertiary/aromatic N) is 3. The molecule has 0 fully saturated rings. The quantitative estimate of drug-likeness (QED) is 0.294. The molecule has 2 aromatic heterocycles. The highest BCUT2D eigenvalue weighted by Gasteiger charge is 2.09. The predicted molar refractivity (Wildman–Crippen MR) is 128 cm³/mol. The summed E-state index contributed by atoms with van der Waals surface area (Å²) < 4.78 is 1.16. The Balaban J connectivity index is 1.55. The second kappa shape index (κ2) is 10.3. The van der Waals surface area contributed by atoms with Crippen molar-refractivity contribution >= 4 is 38.5 Å². The Morgan fingerprint density at radius 1 is 0.935 bits per heavy atom. The number of nitrogens with one attached hydrogen (secondary N) is 2. The third kappa shape index (κ3) is 5.99. The SMILES string of the molecule is Cc1ccc2nc(Nc3cc(Cc4ccccc4)nc(NCCCCCO)n3)sc2c1. The number of thiazole rings is 1. The van der Waals surface area contributed by atoms with Crippen LogP contribution in [0.3, 0.4) is 0 Å². The zero-order valence-electron chi connectivity index (χ0n) is 17.6. The molecule has 0 amide bonds. The van der Waals surface area contributed by atoms with E-state index in [1.807, 2.05) is 30.3 Å². The van der Waals surface area contributed by atoms with Crippen LogP contribution in [-0.2, 0) is 6.42 Å². The Morgan fingerprint density at radius 3 is 2.65 bits per heavy atom. The summed E-state index contributed by atoms with van der Waals surface area (Å²) in [6.07, 6.45) is 3.49. The first kappa shape index (κ1) is 21.2. The van der Waals surface area contributed by atoms with Crippen molar-refractivity contribution in [3.05, 3.63) is 71.4 Å². The van der Waals surface area contributed by atoms with E-state index in [0.29, 0.717) is 5.95 Å². The molecule has 2 aromatic carbocycles. The van der Waals surface area contributed by atoms with Gasteiger partial charge in [0.15, 0.2) is 5.13 Å². The van der Waals surface area contributed by atoms with Gasteiger partial charge in [-0.25, -0.2) is 9.97 Å². The lowest BCUT2D eigenvalue weighted by Crippen LogP contribution is -2.09. The van der Waals surface area contributed by atoms with Gasteiger partial charge in [-0.05, 0) is 49.4 Å². The van der Waals surface area contributed by atoms with Crippen molar-refractivity contribution in [2.24, 2.45) is 0 Å². The van der Waals surface area contributed by atoms with Gasteiger partial charge < -0.3 is 15.7 Å². The van der Waals surface area contributed by atoms with Gasteiger partial charge in [0.1, 0.15) is 5.82 Å². The van der Waals surface area contributed by atoms with Gasteiger partial charge >= 0.3 is 0 Å². The van der Waals surface area contributed by atoms with Crippen LogP contribution in [0.15, 0.2) is 54.6 Å². The van der Waals surface area contributed by atoms with Crippen molar-refractivity contribution < 1.29 is 5.11 Å². The summed E-state index contributed by atoms with van der Waals surface area (Å²) in [5, 5.41) is 16.5. The lowest BCUT2D eigenvalue weighted by Gasteiger charge is -2.10. The number of aromatic nitrogens is 3. The van der Waals surface area contributed by atoms with E-state index in [1.54, 1.807) is 11.3 Å². The summed E-state index contributed by atoms with van der Waals surface area (Å²) >= 11 is 1.62. The first-order valence-corrected chi connectivity index (χ1v) is 11.4. The van der Waals surface area contributed by atoms with Crippen molar-refractivity contribution in [1.29, 1.82) is 0 Å². The summed E-state index contributed by atoms with van der Waals surface area (Å²) in [6, 6.07) is 18.6. The largest absolute Gasteiger partial charge is 0.396 e. The van der Waals surface area contributed by atoms with E-state index >= 15 is 0 Å². The van der Waals surface area contributed by atoms with Gasteiger partial charge in [0, 0.05) is 25.6 Å². The Labute approximate surface area is 186 Å². The molecule has 3 N–H and O–H groups in total. The average Bonchev–Trinajstić information content (AvgIpc) is 3.15. The minimum absolute atomic E-state index is 0.235. The number of rotatable bonds is 10. The molecule has 6 nitrogen and oxygen atoms in total. The van der Waals surface area contributed by atoms with Gasteiger partial charge in [0.25, 0.3) is 0 Å². The normalized spacial score (nSPS) is 11.0. The summed E-state index contributed by atoms with van der Waals surface area (Å²) in [5.41, 5.74) is 4.36. The molecule has 0 saturated carbocycles. The topological polar surface area (TPSA) is 83.0 Å². The average molecular weight is 434 g/mol. The fourth-order valence-corrected chi connectivity index (χ4v) is 4.32. The van der Waals surface area contributed by atoms with Gasteiger partial charge in [-0.1, -0.05) is 47.7 Å². The first-order valence-electron chi connectivity index (χ1n) is 10.6. The fourth-order valence-electron chi connectivity index (χ4n) is 3.34. The van der Waals surface area contributed by atoms with Crippen LogP contribution in [0.25, 0.3) is 10.2 Å². The molecular formula is C24H27N5OS. The number of aliphatic hydroxyl groups excluding tert-OH is 1. The minimum Gasteiger partial charge on any atom is -0.396 e. The van der Waals surface area contributed by atoms with Crippen LogP contribution in [0.5, 0.6) is 0 Å². The third-order valence-corrected chi connectivity index (χ3v) is 5.84. The van der Waals surface area contributed by atoms with Crippen LogP contribution in [0.2, 0.25) is 0 Å². The lowest BCUT2D eigenvalue weighted by atomic mass is 10.1. The zero-order chi connectivity index (χ0) is 21.5. The summed E-state index contributed by atoms with van der Waals surface area (Å²) in [7, 11) is 0. The molecule has 0 aliphatic carbocycles. The number of hydrogen-bond donors (Lipinski definition) is 3. The van der Waals surface area contributed by atoms with Crippen molar-refractivity contribution in [2.75, 3.05) is 23.8 Å². The highest BCUT2D eigenvalue weighted by Crippen LogP contribution is 2.29. The van der Waals surface area contributed by atoms with Crippen molar-refractivity contribution in [3.8, 4) is 0 Å². The number of fused-ring (bicyclic) bond motifs is 1. The molecule has 0 aliphatic heterocycles. The van der Waals surface area contributed by atoms with Crippen LogP contribution in [0.4, 0.5) is 16.9 Å². The smallest absolute Gasteiger partial charge is 0.224 e. The van der Waals surface area contributed by atoms with Crippen LogP contribution in [0, 0.1) is 6.92 Å². The van der Waals surface area contributed by atoms with E-state index in [2.05, 4.69) is 46.8 Å². The number of aliphatic hydroxyl groups is 1. The number of unbranched alkanes of at least 4 members (excludes halogenated alkanes) is 2. The summed E-state index contributed by atoms with van der Waals surface area (Å²) in [4.78, 5) is 14.1. The molecule has 0 unspecified atom stereocenters.